The van der Waals surface area contributed by atoms with Crippen molar-refractivity contribution >= 4 is 40.3 Å². The average Bonchev–Trinajstić information content (AvgIpc) is 2.53. The second kappa shape index (κ2) is 6.20. The fourth-order valence-corrected chi connectivity index (χ4v) is 2.53. The fourth-order valence-electron chi connectivity index (χ4n) is 2.35. The van der Waals surface area contributed by atoms with E-state index in [-0.39, 0.29) is 0 Å². The van der Waals surface area contributed by atoms with Gasteiger partial charge in [-0.15, -0.1) is 0 Å². The van der Waals surface area contributed by atoms with Gasteiger partial charge in [-0.3, -0.25) is 4.98 Å². The lowest BCUT2D eigenvalue weighted by Gasteiger charge is -2.11. The summed E-state index contributed by atoms with van der Waals surface area (Å²) in [6, 6.07) is 16.2. The number of hydrogen-bond acceptors (Lipinski definition) is 2. The van der Waals surface area contributed by atoms with Crippen LogP contribution in [0.1, 0.15) is 11.1 Å². The van der Waals surface area contributed by atoms with Crippen LogP contribution in [0.25, 0.3) is 23.1 Å². The Labute approximate surface area is 135 Å². The first-order valence-electron chi connectivity index (χ1n) is 7.13. The van der Waals surface area contributed by atoms with Crippen LogP contribution >= 0.6 is 11.6 Å². The number of hydrogen-bond donors (Lipinski definition) is 0. The van der Waals surface area contributed by atoms with Gasteiger partial charge >= 0.3 is 0 Å². The molecule has 0 spiro atoms. The van der Waals surface area contributed by atoms with Gasteiger partial charge in [0.2, 0.25) is 0 Å². The van der Waals surface area contributed by atoms with Crippen molar-refractivity contribution in [3.05, 3.63) is 70.9 Å². The molecule has 2 aromatic carbocycles. The highest BCUT2D eigenvalue weighted by Crippen LogP contribution is 2.23. The number of fused-ring (bicyclic) bond motifs is 1. The fraction of sp³-hybridized carbons (Fsp3) is 0.105. The van der Waals surface area contributed by atoms with Crippen LogP contribution < -0.4 is 4.90 Å². The molecule has 2 nitrogen and oxygen atoms in total. The van der Waals surface area contributed by atoms with Gasteiger partial charge in [-0.05, 0) is 47.5 Å². The highest BCUT2D eigenvalue weighted by molar-refractivity contribution is 6.31. The van der Waals surface area contributed by atoms with Gasteiger partial charge in [0, 0.05) is 36.4 Å². The Morgan fingerprint density at radius 3 is 2.45 bits per heavy atom. The molecule has 22 heavy (non-hydrogen) atoms. The highest BCUT2D eigenvalue weighted by atomic mass is 35.5. The zero-order valence-electron chi connectivity index (χ0n) is 12.6. The van der Waals surface area contributed by atoms with E-state index in [4.69, 9.17) is 11.6 Å². The second-order valence-corrected chi connectivity index (χ2v) is 5.82. The lowest BCUT2D eigenvalue weighted by Crippen LogP contribution is -2.07. The summed E-state index contributed by atoms with van der Waals surface area (Å²) in [6.45, 7) is 0. The highest BCUT2D eigenvalue weighted by Gasteiger charge is 2.00. The molecule has 0 fully saturated rings. The van der Waals surface area contributed by atoms with Gasteiger partial charge in [0.25, 0.3) is 0 Å². The first-order valence-corrected chi connectivity index (χ1v) is 7.51. The molecule has 0 unspecified atom stereocenters. The molecular weight excluding hydrogens is 292 g/mol. The largest absolute Gasteiger partial charge is 0.378 e. The maximum absolute atomic E-state index is 6.10. The third kappa shape index (κ3) is 3.12. The molecule has 1 heterocycles. The molecular formula is C19H17ClN2. The number of nitrogens with zero attached hydrogens (tertiary/aromatic N) is 2. The van der Waals surface area contributed by atoms with E-state index in [1.54, 1.807) is 0 Å². The first kappa shape index (κ1) is 14.6. The second-order valence-electron chi connectivity index (χ2n) is 5.38. The van der Waals surface area contributed by atoms with E-state index in [0.29, 0.717) is 0 Å². The van der Waals surface area contributed by atoms with Gasteiger partial charge < -0.3 is 4.90 Å². The van der Waals surface area contributed by atoms with Crippen molar-refractivity contribution in [2.75, 3.05) is 19.0 Å². The quantitative estimate of drug-likeness (QED) is 0.667. The van der Waals surface area contributed by atoms with Gasteiger partial charge in [-0.1, -0.05) is 35.9 Å². The van der Waals surface area contributed by atoms with Crippen molar-refractivity contribution in [2.24, 2.45) is 0 Å². The maximum Gasteiger partial charge on any atom is 0.0709 e. The van der Waals surface area contributed by atoms with Crippen molar-refractivity contribution in [3.8, 4) is 0 Å². The van der Waals surface area contributed by atoms with Crippen molar-refractivity contribution in [3.63, 3.8) is 0 Å². The van der Waals surface area contributed by atoms with Gasteiger partial charge in [0.05, 0.1) is 5.52 Å². The standard InChI is InChI=1S/C19H17ClN2/c1-22(2)17-8-4-14(5-9-17)3-6-15-11-12-21-19-10-7-16(20)13-18(15)19/h3-13H,1-2H3. The van der Waals surface area contributed by atoms with Crippen LogP contribution in [-0.2, 0) is 0 Å². The molecule has 0 radical (unpaired) electrons. The summed E-state index contributed by atoms with van der Waals surface area (Å²) in [7, 11) is 4.08. The summed E-state index contributed by atoms with van der Waals surface area (Å²) in [4.78, 5) is 6.46. The topological polar surface area (TPSA) is 16.1 Å². The zero-order chi connectivity index (χ0) is 15.5. The minimum absolute atomic E-state index is 0.727. The summed E-state index contributed by atoms with van der Waals surface area (Å²) >= 11 is 6.10. The first-order chi connectivity index (χ1) is 10.6. The van der Waals surface area contributed by atoms with E-state index in [0.717, 1.165) is 27.1 Å². The van der Waals surface area contributed by atoms with Crippen molar-refractivity contribution in [1.29, 1.82) is 0 Å². The van der Waals surface area contributed by atoms with E-state index in [9.17, 15) is 0 Å². The minimum Gasteiger partial charge on any atom is -0.378 e. The number of halogens is 1. The summed E-state index contributed by atoms with van der Waals surface area (Å²) in [5.41, 5.74) is 4.43. The summed E-state index contributed by atoms with van der Waals surface area (Å²) < 4.78 is 0. The van der Waals surface area contributed by atoms with E-state index in [1.165, 1.54) is 5.69 Å². The smallest absolute Gasteiger partial charge is 0.0709 e. The van der Waals surface area contributed by atoms with Gasteiger partial charge in [0.1, 0.15) is 0 Å². The lowest BCUT2D eigenvalue weighted by molar-refractivity contribution is 1.13. The molecule has 3 aromatic rings. The Hall–Kier alpha value is -2.32. The summed E-state index contributed by atoms with van der Waals surface area (Å²) in [5.74, 6) is 0. The van der Waals surface area contributed by atoms with Crippen LogP contribution in [-0.4, -0.2) is 19.1 Å². The normalized spacial score (nSPS) is 11.2. The molecule has 0 saturated carbocycles. The van der Waals surface area contributed by atoms with Crippen LogP contribution in [0.2, 0.25) is 5.02 Å². The van der Waals surface area contributed by atoms with E-state index >= 15 is 0 Å². The average molecular weight is 309 g/mol. The van der Waals surface area contributed by atoms with Crippen molar-refractivity contribution in [2.45, 2.75) is 0 Å². The number of aromatic nitrogens is 1. The van der Waals surface area contributed by atoms with Crippen LogP contribution in [0.15, 0.2) is 54.7 Å². The van der Waals surface area contributed by atoms with Crippen LogP contribution in [0.5, 0.6) is 0 Å². The third-order valence-corrected chi connectivity index (χ3v) is 3.84. The molecule has 0 aliphatic carbocycles. The van der Waals surface area contributed by atoms with Crippen LogP contribution in [0.4, 0.5) is 5.69 Å². The lowest BCUT2D eigenvalue weighted by atomic mass is 10.1. The monoisotopic (exact) mass is 308 g/mol. The third-order valence-electron chi connectivity index (χ3n) is 3.60. The van der Waals surface area contributed by atoms with Crippen LogP contribution in [0.3, 0.4) is 0 Å². The molecule has 0 aliphatic rings. The molecule has 0 saturated heterocycles. The van der Waals surface area contributed by atoms with Crippen molar-refractivity contribution < 1.29 is 0 Å². The molecule has 110 valence electrons. The zero-order valence-corrected chi connectivity index (χ0v) is 13.4. The predicted octanol–water partition coefficient (Wildman–Crippen LogP) is 5.12. The van der Waals surface area contributed by atoms with E-state index in [1.807, 2.05) is 44.6 Å². The summed E-state index contributed by atoms with van der Waals surface area (Å²) in [5, 5.41) is 1.79. The molecule has 0 atom stereocenters. The minimum atomic E-state index is 0.727. The molecule has 0 amide bonds. The molecule has 3 rings (SSSR count). The van der Waals surface area contributed by atoms with Crippen LogP contribution in [0, 0.1) is 0 Å². The molecule has 0 N–H and O–H groups in total. The number of pyridine rings is 1. The Kier molecular flexibility index (Phi) is 4.12. The van der Waals surface area contributed by atoms with Crippen molar-refractivity contribution in [1.82, 2.24) is 4.98 Å². The van der Waals surface area contributed by atoms with Gasteiger partial charge in [-0.2, -0.15) is 0 Å². The number of anilines is 1. The Morgan fingerprint density at radius 2 is 1.73 bits per heavy atom. The number of benzene rings is 2. The Balaban J connectivity index is 1.93. The number of rotatable bonds is 3. The SMILES string of the molecule is CN(C)c1ccc(C=Cc2ccnc3ccc(Cl)cc23)cc1. The van der Waals surface area contributed by atoms with Gasteiger partial charge in [-0.25, -0.2) is 0 Å². The maximum atomic E-state index is 6.10. The van der Waals surface area contributed by atoms with Gasteiger partial charge in [0.15, 0.2) is 0 Å². The summed E-state index contributed by atoms with van der Waals surface area (Å²) in [6.07, 6.45) is 6.03. The Bertz CT molecular complexity index is 820. The predicted molar refractivity (Wildman–Crippen MR) is 96.5 cm³/mol. The molecule has 0 aliphatic heterocycles. The van der Waals surface area contributed by atoms with E-state index < -0.39 is 0 Å². The Morgan fingerprint density at radius 1 is 0.955 bits per heavy atom. The van der Waals surface area contributed by atoms with E-state index in [2.05, 4.69) is 46.3 Å². The molecule has 0 bridgehead atoms. The molecule has 3 heteroatoms. The molecule has 1 aromatic heterocycles.